The van der Waals surface area contributed by atoms with Gasteiger partial charge in [0.05, 0.1) is 25.7 Å². The third-order valence-electron chi connectivity index (χ3n) is 5.62. The minimum atomic E-state index is 0.0700. The normalized spacial score (nSPS) is 21.6. The van der Waals surface area contributed by atoms with Gasteiger partial charge < -0.3 is 19.3 Å². The number of rotatable bonds is 8. The molecule has 7 nitrogen and oxygen atoms in total. The summed E-state index contributed by atoms with van der Waals surface area (Å²) in [6.45, 7) is 4.50. The van der Waals surface area contributed by atoms with E-state index in [1.165, 1.54) is 24.6 Å². The Hall–Kier alpha value is -2.22. The largest absolute Gasteiger partial charge is 0.493 e. The molecular formula is C21H29N3O4S. The Bertz CT molecular complexity index is 826. The van der Waals surface area contributed by atoms with E-state index in [1.807, 2.05) is 6.07 Å². The fourth-order valence-corrected chi connectivity index (χ4v) is 4.33. The monoisotopic (exact) mass is 419 g/mol. The minimum absolute atomic E-state index is 0.0700. The summed E-state index contributed by atoms with van der Waals surface area (Å²) in [5, 5.41) is 7.22. The maximum atomic E-state index is 12.3. The first-order valence-electron chi connectivity index (χ1n) is 9.94. The Kier molecular flexibility index (Phi) is 7.41. The molecule has 1 aliphatic carbocycles. The molecule has 1 fully saturated rings. The summed E-state index contributed by atoms with van der Waals surface area (Å²) in [6.07, 6.45) is 3.51. The molecule has 1 aromatic heterocycles. The molecule has 0 bridgehead atoms. The molecule has 2 aromatic rings. The Labute approximate surface area is 175 Å². The third-order valence-corrected chi connectivity index (χ3v) is 6.54. The van der Waals surface area contributed by atoms with Gasteiger partial charge in [0.2, 0.25) is 17.6 Å². The van der Waals surface area contributed by atoms with Crippen molar-refractivity contribution < 1.29 is 18.8 Å². The second kappa shape index (κ2) is 10.0. The van der Waals surface area contributed by atoms with Crippen LogP contribution in [0.1, 0.15) is 39.0 Å². The Morgan fingerprint density at radius 1 is 1.24 bits per heavy atom. The zero-order chi connectivity index (χ0) is 20.8. The number of carbonyl (C=O) groups is 1. The topological polar surface area (TPSA) is 86.5 Å². The SMILES string of the molecule is COc1ccc(-c2noc(CSCC(=O)NC3CCCC(C)C3C)n2)cc1OC. The van der Waals surface area contributed by atoms with Crippen LogP contribution in [0, 0.1) is 11.8 Å². The summed E-state index contributed by atoms with van der Waals surface area (Å²) >= 11 is 1.47. The average molecular weight is 420 g/mol. The van der Waals surface area contributed by atoms with E-state index in [9.17, 15) is 4.79 Å². The van der Waals surface area contributed by atoms with E-state index in [-0.39, 0.29) is 11.9 Å². The van der Waals surface area contributed by atoms with Crippen LogP contribution in [-0.4, -0.2) is 42.1 Å². The van der Waals surface area contributed by atoms with Crippen molar-refractivity contribution in [1.82, 2.24) is 15.5 Å². The van der Waals surface area contributed by atoms with E-state index in [0.717, 1.165) is 12.0 Å². The van der Waals surface area contributed by atoms with Gasteiger partial charge in [0.25, 0.3) is 0 Å². The Morgan fingerprint density at radius 3 is 2.79 bits per heavy atom. The minimum Gasteiger partial charge on any atom is -0.493 e. The number of hydrogen-bond acceptors (Lipinski definition) is 7. The lowest BCUT2D eigenvalue weighted by atomic mass is 9.78. The molecule has 3 rings (SSSR count). The van der Waals surface area contributed by atoms with E-state index in [0.29, 0.717) is 46.6 Å². The standard InChI is InChI=1S/C21H29N3O4S/c1-13-6-5-7-16(14(13)2)22-19(25)11-29-12-20-23-21(24-28-20)15-8-9-17(26-3)18(10-15)27-4/h8-10,13-14,16H,5-7,11-12H2,1-4H3,(H,22,25). The highest BCUT2D eigenvalue weighted by Crippen LogP contribution is 2.31. The predicted octanol–water partition coefficient (Wildman–Crippen LogP) is 3.93. The van der Waals surface area contributed by atoms with Gasteiger partial charge in [0, 0.05) is 11.6 Å². The van der Waals surface area contributed by atoms with Crippen molar-refractivity contribution in [3.63, 3.8) is 0 Å². The second-order valence-corrected chi connectivity index (χ2v) is 8.50. The van der Waals surface area contributed by atoms with Gasteiger partial charge in [-0.15, -0.1) is 11.8 Å². The second-order valence-electron chi connectivity index (χ2n) is 7.52. The molecule has 1 heterocycles. The molecule has 1 aromatic carbocycles. The lowest BCUT2D eigenvalue weighted by Gasteiger charge is -2.34. The third kappa shape index (κ3) is 5.44. The van der Waals surface area contributed by atoms with Crippen molar-refractivity contribution in [2.45, 2.75) is 44.9 Å². The van der Waals surface area contributed by atoms with Crippen molar-refractivity contribution in [2.24, 2.45) is 11.8 Å². The van der Waals surface area contributed by atoms with E-state index in [4.69, 9.17) is 14.0 Å². The van der Waals surface area contributed by atoms with Crippen molar-refractivity contribution in [2.75, 3.05) is 20.0 Å². The van der Waals surface area contributed by atoms with Crippen LogP contribution in [0.5, 0.6) is 11.5 Å². The van der Waals surface area contributed by atoms with Gasteiger partial charge in [0.15, 0.2) is 11.5 Å². The molecule has 3 unspecified atom stereocenters. The molecule has 0 saturated heterocycles. The molecule has 0 spiro atoms. The number of carbonyl (C=O) groups excluding carboxylic acids is 1. The van der Waals surface area contributed by atoms with Gasteiger partial charge in [-0.25, -0.2) is 0 Å². The Morgan fingerprint density at radius 2 is 2.03 bits per heavy atom. The van der Waals surface area contributed by atoms with Gasteiger partial charge in [-0.1, -0.05) is 31.8 Å². The Balaban J connectivity index is 1.50. The first-order chi connectivity index (χ1) is 14.0. The fourth-order valence-electron chi connectivity index (χ4n) is 3.67. The molecule has 8 heteroatoms. The first-order valence-corrected chi connectivity index (χ1v) is 11.1. The quantitative estimate of drug-likeness (QED) is 0.694. The summed E-state index contributed by atoms with van der Waals surface area (Å²) in [4.78, 5) is 16.7. The summed E-state index contributed by atoms with van der Waals surface area (Å²) in [7, 11) is 3.17. The maximum Gasteiger partial charge on any atom is 0.236 e. The number of nitrogens with one attached hydrogen (secondary N) is 1. The van der Waals surface area contributed by atoms with Crippen LogP contribution >= 0.6 is 11.8 Å². The number of benzene rings is 1. The zero-order valence-corrected chi connectivity index (χ0v) is 18.3. The molecule has 0 aliphatic heterocycles. The fraction of sp³-hybridized carbons (Fsp3) is 0.571. The number of amides is 1. The molecule has 29 heavy (non-hydrogen) atoms. The number of methoxy groups -OCH3 is 2. The van der Waals surface area contributed by atoms with Crippen LogP contribution in [0.25, 0.3) is 11.4 Å². The molecule has 1 saturated carbocycles. The van der Waals surface area contributed by atoms with Gasteiger partial charge in [-0.3, -0.25) is 4.79 Å². The van der Waals surface area contributed by atoms with Crippen molar-refractivity contribution in [1.29, 1.82) is 0 Å². The molecule has 1 amide bonds. The molecule has 0 radical (unpaired) electrons. The molecule has 1 aliphatic rings. The molecular weight excluding hydrogens is 390 g/mol. The summed E-state index contributed by atoms with van der Waals surface area (Å²) < 4.78 is 15.9. The highest BCUT2D eigenvalue weighted by molar-refractivity contribution is 7.99. The maximum absolute atomic E-state index is 12.3. The summed E-state index contributed by atoms with van der Waals surface area (Å²) in [5.74, 6) is 4.35. The van der Waals surface area contributed by atoms with Crippen molar-refractivity contribution in [3.05, 3.63) is 24.1 Å². The number of hydrogen-bond donors (Lipinski definition) is 1. The van der Waals surface area contributed by atoms with Crippen LogP contribution in [-0.2, 0) is 10.5 Å². The van der Waals surface area contributed by atoms with E-state index >= 15 is 0 Å². The van der Waals surface area contributed by atoms with Gasteiger partial charge >= 0.3 is 0 Å². The summed E-state index contributed by atoms with van der Waals surface area (Å²) in [6, 6.07) is 5.74. The van der Waals surface area contributed by atoms with Crippen LogP contribution < -0.4 is 14.8 Å². The molecule has 1 N–H and O–H groups in total. The smallest absolute Gasteiger partial charge is 0.236 e. The van der Waals surface area contributed by atoms with Crippen LogP contribution in [0.4, 0.5) is 0 Å². The van der Waals surface area contributed by atoms with Crippen LogP contribution in [0.3, 0.4) is 0 Å². The zero-order valence-electron chi connectivity index (χ0n) is 17.4. The number of ether oxygens (including phenoxy) is 2. The van der Waals surface area contributed by atoms with Crippen LogP contribution in [0.15, 0.2) is 22.7 Å². The number of thioether (sulfide) groups is 1. The van der Waals surface area contributed by atoms with Gasteiger partial charge in [-0.05, 0) is 36.5 Å². The first kappa shape index (κ1) is 21.5. The van der Waals surface area contributed by atoms with E-state index < -0.39 is 0 Å². The van der Waals surface area contributed by atoms with Gasteiger partial charge in [-0.2, -0.15) is 4.98 Å². The predicted molar refractivity (Wildman–Crippen MR) is 113 cm³/mol. The van der Waals surface area contributed by atoms with Gasteiger partial charge in [0.1, 0.15) is 0 Å². The highest BCUT2D eigenvalue weighted by Gasteiger charge is 2.28. The molecule has 3 atom stereocenters. The van der Waals surface area contributed by atoms with Crippen molar-refractivity contribution in [3.8, 4) is 22.9 Å². The van der Waals surface area contributed by atoms with E-state index in [1.54, 1.807) is 26.4 Å². The van der Waals surface area contributed by atoms with E-state index in [2.05, 4.69) is 29.3 Å². The van der Waals surface area contributed by atoms with Crippen LogP contribution in [0.2, 0.25) is 0 Å². The summed E-state index contributed by atoms with van der Waals surface area (Å²) in [5.41, 5.74) is 0.779. The lowest BCUT2D eigenvalue weighted by molar-refractivity contribution is -0.119. The number of aromatic nitrogens is 2. The van der Waals surface area contributed by atoms with Crippen molar-refractivity contribution >= 4 is 17.7 Å². The average Bonchev–Trinajstić information content (AvgIpc) is 3.19. The lowest BCUT2D eigenvalue weighted by Crippen LogP contribution is -2.44. The highest BCUT2D eigenvalue weighted by atomic mass is 32.2. The number of nitrogens with zero attached hydrogens (tertiary/aromatic N) is 2. The molecule has 158 valence electrons.